The smallest absolute Gasteiger partial charge is 0.0570 e. The third-order valence-corrected chi connectivity index (χ3v) is 3.26. The monoisotopic (exact) mass is 241 g/mol. The highest BCUT2D eigenvalue weighted by Gasteiger charge is 2.14. The van der Waals surface area contributed by atoms with Crippen LogP contribution in [-0.4, -0.2) is 7.05 Å². The molecule has 0 amide bonds. The molecule has 0 radical (unpaired) electrons. The highest BCUT2D eigenvalue weighted by molar-refractivity contribution is 5.63. The molecule has 0 aliphatic carbocycles. The number of rotatable bonds is 3. The van der Waals surface area contributed by atoms with Gasteiger partial charge in [0.1, 0.15) is 0 Å². The summed E-state index contributed by atoms with van der Waals surface area (Å²) >= 11 is 0. The highest BCUT2D eigenvalue weighted by Crippen LogP contribution is 2.29. The normalized spacial score (nSPS) is 11.4. The number of nitrogens with zero attached hydrogens (tertiary/aromatic N) is 1. The van der Waals surface area contributed by atoms with Crippen molar-refractivity contribution >= 4 is 5.69 Å². The molecule has 1 aromatic carbocycles. The zero-order chi connectivity index (χ0) is 13.9. The van der Waals surface area contributed by atoms with E-state index >= 15 is 0 Å². The summed E-state index contributed by atoms with van der Waals surface area (Å²) in [7, 11) is 2.07. The minimum Gasteiger partial charge on any atom is -0.347 e. The summed E-state index contributed by atoms with van der Waals surface area (Å²) in [4.78, 5) is 2.17. The Morgan fingerprint density at radius 2 is 1.72 bits per heavy atom. The van der Waals surface area contributed by atoms with Gasteiger partial charge in [0.2, 0.25) is 0 Å². The van der Waals surface area contributed by atoms with E-state index in [0.717, 1.165) is 5.70 Å². The Labute approximate surface area is 112 Å². The topological polar surface area (TPSA) is 3.24 Å². The predicted molar refractivity (Wildman–Crippen MR) is 80.8 cm³/mol. The fraction of sp³-hybridized carbons (Fsp3) is 0.412. The average Bonchev–Trinajstić information content (AvgIpc) is 2.26. The summed E-state index contributed by atoms with van der Waals surface area (Å²) in [6.07, 6.45) is 0. The van der Waals surface area contributed by atoms with Crippen molar-refractivity contribution in [1.82, 2.24) is 0 Å². The van der Waals surface area contributed by atoms with Gasteiger partial charge in [0.25, 0.3) is 0 Å². The van der Waals surface area contributed by atoms with Gasteiger partial charge in [-0.3, -0.25) is 0 Å². The van der Waals surface area contributed by atoms with Gasteiger partial charge in [0.15, 0.2) is 0 Å². The van der Waals surface area contributed by atoms with E-state index in [2.05, 4.69) is 70.2 Å². The zero-order valence-electron chi connectivity index (χ0n) is 12.4. The molecule has 0 saturated carbocycles. The van der Waals surface area contributed by atoms with E-state index < -0.39 is 0 Å². The highest BCUT2D eigenvalue weighted by atomic mass is 15.1. The molecular formula is C17H23N. The first-order valence-electron chi connectivity index (χ1n) is 6.31. The van der Waals surface area contributed by atoms with Gasteiger partial charge in [-0.15, -0.1) is 5.92 Å². The maximum absolute atomic E-state index is 4.18. The number of hydrogen-bond donors (Lipinski definition) is 0. The quantitative estimate of drug-likeness (QED) is 0.716. The average molecular weight is 241 g/mol. The summed E-state index contributed by atoms with van der Waals surface area (Å²) in [6.45, 7) is 14.6. The lowest BCUT2D eigenvalue weighted by Crippen LogP contribution is -2.22. The van der Waals surface area contributed by atoms with Crippen molar-refractivity contribution in [1.29, 1.82) is 0 Å². The van der Waals surface area contributed by atoms with Crippen LogP contribution in [0.2, 0.25) is 0 Å². The number of aryl methyl sites for hydroxylation is 3. The summed E-state index contributed by atoms with van der Waals surface area (Å²) in [5.74, 6) is 6.29. The van der Waals surface area contributed by atoms with Crippen LogP contribution in [0.4, 0.5) is 5.69 Å². The molecule has 0 bridgehead atoms. The Morgan fingerprint density at radius 3 is 2.17 bits per heavy atom. The van der Waals surface area contributed by atoms with Crippen LogP contribution < -0.4 is 4.90 Å². The van der Waals surface area contributed by atoms with Crippen LogP contribution in [0.1, 0.15) is 30.5 Å². The minimum absolute atomic E-state index is 0.181. The number of benzene rings is 1. The molecule has 1 nitrogen and oxygen atoms in total. The Morgan fingerprint density at radius 1 is 1.22 bits per heavy atom. The van der Waals surface area contributed by atoms with E-state index in [1.807, 2.05) is 6.92 Å². The van der Waals surface area contributed by atoms with Crippen molar-refractivity contribution < 1.29 is 0 Å². The molecule has 1 unspecified atom stereocenters. The fourth-order valence-electron chi connectivity index (χ4n) is 2.44. The maximum Gasteiger partial charge on any atom is 0.0570 e. The molecule has 96 valence electrons. The van der Waals surface area contributed by atoms with Crippen LogP contribution in [-0.2, 0) is 0 Å². The molecule has 0 saturated heterocycles. The zero-order valence-corrected chi connectivity index (χ0v) is 12.4. The van der Waals surface area contributed by atoms with Crippen molar-refractivity contribution in [2.75, 3.05) is 11.9 Å². The van der Waals surface area contributed by atoms with Crippen molar-refractivity contribution in [3.63, 3.8) is 0 Å². The SMILES string of the molecule is C=C(C(C)C#CC)N(C)c1c(C)cc(C)cc1C. The lowest BCUT2D eigenvalue weighted by Gasteiger charge is -2.27. The standard InChI is InChI=1S/C17H23N/c1-8-9-13(3)16(6)18(7)17-14(4)10-12(2)11-15(17)5/h10-11,13H,6H2,1-5,7H3. The van der Waals surface area contributed by atoms with Crippen molar-refractivity contribution in [2.24, 2.45) is 5.92 Å². The number of anilines is 1. The van der Waals surface area contributed by atoms with Crippen molar-refractivity contribution in [3.05, 3.63) is 41.1 Å². The van der Waals surface area contributed by atoms with Crippen LogP contribution in [0.25, 0.3) is 0 Å². The fourth-order valence-corrected chi connectivity index (χ4v) is 2.44. The molecule has 0 N–H and O–H groups in total. The van der Waals surface area contributed by atoms with Gasteiger partial charge >= 0.3 is 0 Å². The second-order valence-electron chi connectivity index (χ2n) is 4.91. The molecule has 18 heavy (non-hydrogen) atoms. The van der Waals surface area contributed by atoms with Gasteiger partial charge in [-0.25, -0.2) is 0 Å². The van der Waals surface area contributed by atoms with Crippen LogP contribution >= 0.6 is 0 Å². The van der Waals surface area contributed by atoms with Gasteiger partial charge in [0.05, 0.1) is 5.92 Å². The Balaban J connectivity index is 3.14. The molecule has 1 atom stereocenters. The molecule has 1 heteroatoms. The largest absolute Gasteiger partial charge is 0.347 e. The molecule has 0 aromatic heterocycles. The molecule has 0 fully saturated rings. The molecule has 0 aliphatic heterocycles. The van der Waals surface area contributed by atoms with Gasteiger partial charge in [-0.05, 0) is 45.7 Å². The van der Waals surface area contributed by atoms with Crippen LogP contribution in [0.5, 0.6) is 0 Å². The van der Waals surface area contributed by atoms with E-state index in [4.69, 9.17) is 0 Å². The first kappa shape index (κ1) is 14.4. The maximum atomic E-state index is 4.18. The summed E-state index contributed by atoms with van der Waals surface area (Å²) in [5.41, 5.74) is 6.16. The second kappa shape index (κ2) is 5.78. The predicted octanol–water partition coefficient (Wildman–Crippen LogP) is 4.22. The Hall–Kier alpha value is -1.68. The van der Waals surface area contributed by atoms with Gasteiger partial charge in [-0.2, -0.15) is 0 Å². The van der Waals surface area contributed by atoms with Gasteiger partial charge in [-0.1, -0.05) is 30.2 Å². The minimum atomic E-state index is 0.181. The van der Waals surface area contributed by atoms with Crippen LogP contribution in [0, 0.1) is 38.5 Å². The van der Waals surface area contributed by atoms with Crippen LogP contribution in [0.3, 0.4) is 0 Å². The third-order valence-electron chi connectivity index (χ3n) is 3.26. The lowest BCUT2D eigenvalue weighted by molar-refractivity contribution is 0.839. The summed E-state index contributed by atoms with van der Waals surface area (Å²) in [5, 5.41) is 0. The molecule has 1 rings (SSSR count). The summed E-state index contributed by atoms with van der Waals surface area (Å²) in [6, 6.07) is 4.42. The molecular weight excluding hydrogens is 218 g/mol. The van der Waals surface area contributed by atoms with E-state index in [1.165, 1.54) is 22.4 Å². The first-order chi connectivity index (χ1) is 8.38. The molecule has 0 spiro atoms. The number of allylic oxidation sites excluding steroid dienone is 1. The van der Waals surface area contributed by atoms with Crippen LogP contribution in [0.15, 0.2) is 24.4 Å². The summed E-state index contributed by atoms with van der Waals surface area (Å²) < 4.78 is 0. The van der Waals surface area contributed by atoms with E-state index in [9.17, 15) is 0 Å². The Bertz CT molecular complexity index is 491. The van der Waals surface area contributed by atoms with Crippen molar-refractivity contribution in [2.45, 2.75) is 34.6 Å². The first-order valence-corrected chi connectivity index (χ1v) is 6.31. The van der Waals surface area contributed by atoms with E-state index in [-0.39, 0.29) is 5.92 Å². The van der Waals surface area contributed by atoms with Gasteiger partial charge < -0.3 is 4.90 Å². The molecule has 1 aromatic rings. The Kier molecular flexibility index (Phi) is 4.62. The van der Waals surface area contributed by atoms with E-state index in [1.54, 1.807) is 0 Å². The second-order valence-corrected chi connectivity index (χ2v) is 4.91. The molecule has 0 aliphatic rings. The van der Waals surface area contributed by atoms with E-state index in [0.29, 0.717) is 0 Å². The number of hydrogen-bond acceptors (Lipinski definition) is 1. The van der Waals surface area contributed by atoms with Gasteiger partial charge in [0, 0.05) is 18.4 Å². The molecule has 0 heterocycles. The third kappa shape index (κ3) is 2.96. The van der Waals surface area contributed by atoms with Crippen molar-refractivity contribution in [3.8, 4) is 11.8 Å². The lowest BCUT2D eigenvalue weighted by atomic mass is 10.0.